The first-order valence-electron chi connectivity index (χ1n) is 10.6. The summed E-state index contributed by atoms with van der Waals surface area (Å²) in [5.41, 5.74) is 1.76. The number of nitrogens with zero attached hydrogens (tertiary/aromatic N) is 3. The summed E-state index contributed by atoms with van der Waals surface area (Å²) in [7, 11) is -3.54. The van der Waals surface area contributed by atoms with E-state index >= 15 is 0 Å². The molecule has 2 aromatic rings. The molecule has 0 bridgehead atoms. The number of amides is 1. The highest BCUT2D eigenvalue weighted by Crippen LogP contribution is 2.18. The van der Waals surface area contributed by atoms with Crippen molar-refractivity contribution in [1.29, 1.82) is 0 Å². The second-order valence-electron chi connectivity index (χ2n) is 7.88. The van der Waals surface area contributed by atoms with Crippen molar-refractivity contribution >= 4 is 15.9 Å². The SMILES string of the molecule is CCN(Cc1cccc(F)c1)C(=O)CN1CCCN(S(=O)(=O)c2ccc(C)cc2)CC1. The van der Waals surface area contributed by atoms with Gasteiger partial charge in [-0.3, -0.25) is 9.69 Å². The average molecular weight is 448 g/mol. The summed E-state index contributed by atoms with van der Waals surface area (Å²) in [5, 5.41) is 0. The highest BCUT2D eigenvalue weighted by atomic mass is 32.2. The van der Waals surface area contributed by atoms with E-state index in [1.807, 2.05) is 18.7 Å². The first-order chi connectivity index (χ1) is 14.8. The number of benzene rings is 2. The van der Waals surface area contributed by atoms with Gasteiger partial charge in [-0.1, -0.05) is 29.8 Å². The summed E-state index contributed by atoms with van der Waals surface area (Å²) in [4.78, 5) is 16.8. The maximum Gasteiger partial charge on any atom is 0.243 e. The molecule has 0 spiro atoms. The van der Waals surface area contributed by atoms with Crippen molar-refractivity contribution in [3.63, 3.8) is 0 Å². The van der Waals surface area contributed by atoms with Crippen LogP contribution in [0.15, 0.2) is 53.4 Å². The van der Waals surface area contributed by atoms with Crippen LogP contribution >= 0.6 is 0 Å². The highest BCUT2D eigenvalue weighted by Gasteiger charge is 2.28. The van der Waals surface area contributed by atoms with Crippen molar-refractivity contribution in [3.05, 3.63) is 65.5 Å². The number of carbonyl (C=O) groups excluding carboxylic acids is 1. The monoisotopic (exact) mass is 447 g/mol. The lowest BCUT2D eigenvalue weighted by molar-refractivity contribution is -0.132. The van der Waals surface area contributed by atoms with Crippen LogP contribution in [0.25, 0.3) is 0 Å². The van der Waals surface area contributed by atoms with Crippen molar-refractivity contribution in [2.24, 2.45) is 0 Å². The van der Waals surface area contributed by atoms with E-state index in [2.05, 4.69) is 0 Å². The molecule has 1 amide bonds. The molecule has 2 aromatic carbocycles. The fourth-order valence-corrected chi connectivity index (χ4v) is 5.20. The predicted molar refractivity (Wildman–Crippen MR) is 118 cm³/mol. The smallest absolute Gasteiger partial charge is 0.243 e. The van der Waals surface area contributed by atoms with Crippen LogP contribution in [0.3, 0.4) is 0 Å². The topological polar surface area (TPSA) is 60.9 Å². The van der Waals surface area contributed by atoms with E-state index in [1.165, 1.54) is 16.4 Å². The van der Waals surface area contributed by atoms with E-state index in [4.69, 9.17) is 0 Å². The fraction of sp³-hybridized carbons (Fsp3) is 0.435. The molecule has 0 radical (unpaired) electrons. The summed E-state index contributed by atoms with van der Waals surface area (Å²) >= 11 is 0. The summed E-state index contributed by atoms with van der Waals surface area (Å²) in [6.07, 6.45) is 0.661. The third-order valence-corrected chi connectivity index (χ3v) is 7.47. The normalized spacial score (nSPS) is 16.1. The van der Waals surface area contributed by atoms with Gasteiger partial charge >= 0.3 is 0 Å². The zero-order valence-electron chi connectivity index (χ0n) is 18.1. The molecular weight excluding hydrogens is 417 g/mol. The molecule has 0 saturated carbocycles. The Labute approximate surface area is 184 Å². The minimum Gasteiger partial charge on any atom is -0.338 e. The van der Waals surface area contributed by atoms with Gasteiger partial charge in [-0.2, -0.15) is 4.31 Å². The number of rotatable bonds is 7. The molecule has 1 heterocycles. The zero-order valence-corrected chi connectivity index (χ0v) is 18.9. The number of likely N-dealkylation sites (N-methyl/N-ethyl adjacent to an activating group) is 1. The van der Waals surface area contributed by atoms with Gasteiger partial charge in [-0.05, 0) is 56.6 Å². The molecular formula is C23H30FN3O3S. The minimum atomic E-state index is -3.54. The summed E-state index contributed by atoms with van der Waals surface area (Å²) in [6.45, 7) is 6.85. The third-order valence-electron chi connectivity index (χ3n) is 5.56. The second-order valence-corrected chi connectivity index (χ2v) is 9.82. The van der Waals surface area contributed by atoms with E-state index in [0.29, 0.717) is 50.6 Å². The van der Waals surface area contributed by atoms with Crippen LogP contribution in [0.2, 0.25) is 0 Å². The number of halogens is 1. The van der Waals surface area contributed by atoms with Crippen molar-refractivity contribution < 1.29 is 17.6 Å². The largest absolute Gasteiger partial charge is 0.338 e. The van der Waals surface area contributed by atoms with E-state index in [0.717, 1.165) is 11.1 Å². The molecule has 0 aliphatic carbocycles. The Kier molecular flexibility index (Phi) is 7.80. The molecule has 168 valence electrons. The van der Waals surface area contributed by atoms with E-state index in [1.54, 1.807) is 41.3 Å². The standard InChI is InChI=1S/C23H30FN3O3S/c1-3-26(17-20-6-4-7-21(24)16-20)23(28)18-25-12-5-13-27(15-14-25)31(29,30)22-10-8-19(2)9-11-22/h4,6-11,16H,3,5,12-15,17-18H2,1-2H3. The molecule has 31 heavy (non-hydrogen) atoms. The van der Waals surface area contributed by atoms with Crippen LogP contribution in [0.5, 0.6) is 0 Å². The van der Waals surface area contributed by atoms with Gasteiger partial charge in [0.2, 0.25) is 15.9 Å². The predicted octanol–water partition coefficient (Wildman–Crippen LogP) is 2.88. The number of hydrogen-bond acceptors (Lipinski definition) is 4. The number of carbonyl (C=O) groups is 1. The number of sulfonamides is 1. The quantitative estimate of drug-likeness (QED) is 0.655. The molecule has 0 N–H and O–H groups in total. The van der Waals surface area contributed by atoms with Gasteiger partial charge in [0.25, 0.3) is 0 Å². The van der Waals surface area contributed by atoms with Gasteiger partial charge in [0, 0.05) is 32.7 Å². The van der Waals surface area contributed by atoms with Crippen molar-refractivity contribution in [2.75, 3.05) is 39.3 Å². The third kappa shape index (κ3) is 6.12. The Balaban J connectivity index is 1.59. The molecule has 8 heteroatoms. The van der Waals surface area contributed by atoms with Crippen LogP contribution in [-0.2, 0) is 21.4 Å². The second kappa shape index (κ2) is 10.3. The molecule has 1 aliphatic heterocycles. The summed E-state index contributed by atoms with van der Waals surface area (Å²) < 4.78 is 40.9. The van der Waals surface area contributed by atoms with Crippen molar-refractivity contribution in [2.45, 2.75) is 31.7 Å². The molecule has 1 fully saturated rings. The molecule has 1 saturated heterocycles. The Morgan fingerprint density at radius 2 is 1.81 bits per heavy atom. The van der Waals surface area contributed by atoms with E-state index in [-0.39, 0.29) is 18.3 Å². The first kappa shape index (κ1) is 23.4. The van der Waals surface area contributed by atoms with Gasteiger partial charge in [0.05, 0.1) is 11.4 Å². The number of aryl methyl sites for hydroxylation is 1. The Bertz CT molecular complexity index is 995. The van der Waals surface area contributed by atoms with Crippen molar-refractivity contribution in [1.82, 2.24) is 14.1 Å². The van der Waals surface area contributed by atoms with Gasteiger partial charge in [-0.15, -0.1) is 0 Å². The average Bonchev–Trinajstić information content (AvgIpc) is 2.98. The lowest BCUT2D eigenvalue weighted by atomic mass is 10.2. The van der Waals surface area contributed by atoms with E-state index in [9.17, 15) is 17.6 Å². The maximum absolute atomic E-state index is 13.5. The van der Waals surface area contributed by atoms with Crippen LogP contribution in [0.4, 0.5) is 4.39 Å². The molecule has 0 aromatic heterocycles. The van der Waals surface area contributed by atoms with E-state index < -0.39 is 10.0 Å². The van der Waals surface area contributed by atoms with Gasteiger partial charge in [-0.25, -0.2) is 12.8 Å². The zero-order chi connectivity index (χ0) is 22.4. The minimum absolute atomic E-state index is 0.0402. The number of hydrogen-bond donors (Lipinski definition) is 0. The fourth-order valence-electron chi connectivity index (χ4n) is 3.73. The van der Waals surface area contributed by atoms with Crippen molar-refractivity contribution in [3.8, 4) is 0 Å². The lowest BCUT2D eigenvalue weighted by Gasteiger charge is -2.26. The van der Waals surface area contributed by atoms with Crippen LogP contribution in [-0.4, -0.2) is 67.7 Å². The Hall–Kier alpha value is -2.29. The molecule has 3 rings (SSSR count). The van der Waals surface area contributed by atoms with Crippen LogP contribution in [0, 0.1) is 12.7 Å². The Morgan fingerprint density at radius 1 is 1.06 bits per heavy atom. The van der Waals surface area contributed by atoms with Gasteiger partial charge < -0.3 is 4.90 Å². The van der Waals surface area contributed by atoms with Crippen LogP contribution < -0.4 is 0 Å². The van der Waals surface area contributed by atoms with Gasteiger partial charge in [0.15, 0.2) is 0 Å². The molecule has 0 atom stereocenters. The summed E-state index contributed by atoms with van der Waals surface area (Å²) in [5.74, 6) is -0.356. The summed E-state index contributed by atoms with van der Waals surface area (Å²) in [6, 6.07) is 13.1. The molecule has 0 unspecified atom stereocenters. The lowest BCUT2D eigenvalue weighted by Crippen LogP contribution is -2.41. The van der Waals surface area contributed by atoms with Gasteiger partial charge in [0.1, 0.15) is 5.82 Å². The maximum atomic E-state index is 13.5. The molecule has 1 aliphatic rings. The van der Waals surface area contributed by atoms with Crippen LogP contribution in [0.1, 0.15) is 24.5 Å². The molecule has 6 nitrogen and oxygen atoms in total. The Morgan fingerprint density at radius 3 is 2.48 bits per heavy atom. The highest BCUT2D eigenvalue weighted by molar-refractivity contribution is 7.89. The first-order valence-corrected chi connectivity index (χ1v) is 12.0.